The second-order valence-corrected chi connectivity index (χ2v) is 6.53. The largest absolute Gasteiger partial charge is 0.491 e. The number of pyridine rings is 1. The van der Waals surface area contributed by atoms with E-state index in [0.717, 1.165) is 11.1 Å². The van der Waals surface area contributed by atoms with E-state index >= 15 is 0 Å². The first-order valence-electron chi connectivity index (χ1n) is 8.02. The summed E-state index contributed by atoms with van der Waals surface area (Å²) in [5, 5.41) is 1.92. The smallest absolute Gasteiger partial charge is 0.258 e. The molecule has 1 aromatic heterocycles. The number of carbonyl (C=O) groups is 1. The van der Waals surface area contributed by atoms with Gasteiger partial charge in [-0.15, -0.1) is 0 Å². The first-order valence-corrected chi connectivity index (χ1v) is 8.40. The van der Waals surface area contributed by atoms with E-state index in [0.29, 0.717) is 16.0 Å². The first-order chi connectivity index (χ1) is 11.9. The van der Waals surface area contributed by atoms with Crippen molar-refractivity contribution in [2.45, 2.75) is 26.5 Å². The highest BCUT2D eigenvalue weighted by molar-refractivity contribution is 6.30. The third-order valence-corrected chi connectivity index (χ3v) is 4.05. The lowest BCUT2D eigenvalue weighted by molar-refractivity contribution is 0.0971. The predicted molar refractivity (Wildman–Crippen MR) is 99.8 cm³/mol. The molecular formula is C20H18ClNO3. The number of Topliss-reactive ketones (excluding diaryl/α,β-unsaturated/α-hetero) is 1. The predicted octanol–water partition coefficient (Wildman–Crippen LogP) is 4.33. The molecule has 0 amide bonds. The molecule has 3 rings (SSSR count). The number of hydrogen-bond acceptors (Lipinski definition) is 3. The van der Waals surface area contributed by atoms with Crippen LogP contribution in [0.5, 0.6) is 5.75 Å². The van der Waals surface area contributed by atoms with E-state index in [9.17, 15) is 9.59 Å². The Morgan fingerprint density at radius 3 is 2.52 bits per heavy atom. The van der Waals surface area contributed by atoms with Gasteiger partial charge >= 0.3 is 0 Å². The topological polar surface area (TPSA) is 48.3 Å². The molecule has 128 valence electrons. The minimum absolute atomic E-state index is 0.0132. The number of rotatable bonds is 5. The van der Waals surface area contributed by atoms with Gasteiger partial charge in [0.05, 0.1) is 12.6 Å². The number of nitrogens with zero attached hydrogens (tertiary/aromatic N) is 1. The summed E-state index contributed by atoms with van der Waals surface area (Å²) in [6.07, 6.45) is 1.70. The average molecular weight is 356 g/mol. The molecule has 3 aromatic rings. The fourth-order valence-corrected chi connectivity index (χ4v) is 2.74. The summed E-state index contributed by atoms with van der Waals surface area (Å²) in [4.78, 5) is 25.0. The summed E-state index contributed by atoms with van der Waals surface area (Å²) in [7, 11) is 0. The van der Waals surface area contributed by atoms with E-state index in [1.807, 2.05) is 26.0 Å². The van der Waals surface area contributed by atoms with Crippen LogP contribution in [0.4, 0.5) is 0 Å². The standard InChI is InChI=1S/C20H18ClNO3/c1-13(2)25-17-7-8-18-15(11-17)9-10-22(20(18)24)12-19(23)14-3-5-16(21)6-4-14/h3-11,13H,12H2,1-2H3. The summed E-state index contributed by atoms with van der Waals surface area (Å²) in [6, 6.07) is 13.8. The van der Waals surface area contributed by atoms with Crippen molar-refractivity contribution in [2.24, 2.45) is 0 Å². The maximum atomic E-state index is 12.6. The van der Waals surface area contributed by atoms with Crippen molar-refractivity contribution in [2.75, 3.05) is 0 Å². The first kappa shape index (κ1) is 17.2. The highest BCUT2D eigenvalue weighted by atomic mass is 35.5. The number of benzene rings is 2. The highest BCUT2D eigenvalue weighted by Crippen LogP contribution is 2.19. The summed E-state index contributed by atoms with van der Waals surface area (Å²) in [5.74, 6) is 0.578. The van der Waals surface area contributed by atoms with Gasteiger partial charge < -0.3 is 9.30 Å². The van der Waals surface area contributed by atoms with Crippen LogP contribution in [0.1, 0.15) is 24.2 Å². The van der Waals surface area contributed by atoms with Gasteiger partial charge in [-0.3, -0.25) is 9.59 Å². The van der Waals surface area contributed by atoms with Crippen LogP contribution in [0.2, 0.25) is 5.02 Å². The molecule has 0 fully saturated rings. The molecule has 0 spiro atoms. The molecule has 25 heavy (non-hydrogen) atoms. The SMILES string of the molecule is CC(C)Oc1ccc2c(=O)n(CC(=O)c3ccc(Cl)cc3)ccc2c1. The van der Waals surface area contributed by atoms with E-state index in [2.05, 4.69) is 0 Å². The van der Waals surface area contributed by atoms with E-state index < -0.39 is 0 Å². The second-order valence-electron chi connectivity index (χ2n) is 6.09. The van der Waals surface area contributed by atoms with Gasteiger partial charge in [-0.05, 0) is 67.8 Å². The zero-order valence-electron chi connectivity index (χ0n) is 14.0. The summed E-state index contributed by atoms with van der Waals surface area (Å²) >= 11 is 5.83. The van der Waals surface area contributed by atoms with Crippen molar-refractivity contribution < 1.29 is 9.53 Å². The number of ketones is 1. The fraction of sp³-hybridized carbons (Fsp3) is 0.200. The van der Waals surface area contributed by atoms with Gasteiger partial charge in [0.25, 0.3) is 5.56 Å². The average Bonchev–Trinajstić information content (AvgIpc) is 2.57. The Hall–Kier alpha value is -2.59. The quantitative estimate of drug-likeness (QED) is 0.640. The third-order valence-electron chi connectivity index (χ3n) is 3.80. The lowest BCUT2D eigenvalue weighted by Gasteiger charge is -2.11. The van der Waals surface area contributed by atoms with Crippen LogP contribution < -0.4 is 10.3 Å². The van der Waals surface area contributed by atoms with Crippen molar-refractivity contribution in [3.63, 3.8) is 0 Å². The molecule has 2 aromatic carbocycles. The van der Waals surface area contributed by atoms with E-state index in [-0.39, 0.29) is 24.0 Å². The van der Waals surface area contributed by atoms with E-state index in [1.165, 1.54) is 4.57 Å². The molecule has 0 bridgehead atoms. The van der Waals surface area contributed by atoms with Gasteiger partial charge in [-0.2, -0.15) is 0 Å². The van der Waals surface area contributed by atoms with Crippen LogP contribution >= 0.6 is 11.6 Å². The molecule has 0 saturated heterocycles. The molecule has 0 aliphatic rings. The minimum Gasteiger partial charge on any atom is -0.491 e. The molecular weight excluding hydrogens is 338 g/mol. The molecule has 0 atom stereocenters. The number of halogens is 1. The zero-order chi connectivity index (χ0) is 18.0. The van der Waals surface area contributed by atoms with Crippen LogP contribution in [0.3, 0.4) is 0 Å². The number of aromatic nitrogens is 1. The van der Waals surface area contributed by atoms with Gasteiger partial charge in [0, 0.05) is 22.2 Å². The van der Waals surface area contributed by atoms with Gasteiger partial charge in [0.2, 0.25) is 0 Å². The monoisotopic (exact) mass is 355 g/mol. The minimum atomic E-state index is -0.198. The summed E-state index contributed by atoms with van der Waals surface area (Å²) in [5.41, 5.74) is 0.327. The number of hydrogen-bond donors (Lipinski definition) is 0. The Bertz CT molecular complexity index is 974. The molecule has 5 heteroatoms. The maximum Gasteiger partial charge on any atom is 0.258 e. The molecule has 0 unspecified atom stereocenters. The summed E-state index contributed by atoms with van der Waals surface area (Å²) in [6.45, 7) is 3.88. The van der Waals surface area contributed by atoms with Gasteiger partial charge in [0.15, 0.2) is 5.78 Å². The highest BCUT2D eigenvalue weighted by Gasteiger charge is 2.10. The second kappa shape index (κ2) is 7.11. The molecule has 0 radical (unpaired) electrons. The number of ether oxygens (including phenoxy) is 1. The molecule has 0 aliphatic heterocycles. The molecule has 0 aliphatic carbocycles. The third kappa shape index (κ3) is 3.91. The van der Waals surface area contributed by atoms with Crippen LogP contribution in [-0.2, 0) is 6.54 Å². The molecule has 4 nitrogen and oxygen atoms in total. The Kier molecular flexibility index (Phi) is 4.91. The van der Waals surface area contributed by atoms with E-state index in [4.69, 9.17) is 16.3 Å². The Morgan fingerprint density at radius 1 is 1.12 bits per heavy atom. The maximum absolute atomic E-state index is 12.6. The van der Waals surface area contributed by atoms with Crippen LogP contribution in [-0.4, -0.2) is 16.5 Å². The Balaban J connectivity index is 1.90. The lowest BCUT2D eigenvalue weighted by atomic mass is 10.1. The van der Waals surface area contributed by atoms with Crippen molar-refractivity contribution in [3.05, 3.63) is 75.7 Å². The zero-order valence-corrected chi connectivity index (χ0v) is 14.8. The van der Waals surface area contributed by atoms with Crippen molar-refractivity contribution in [1.29, 1.82) is 0 Å². The van der Waals surface area contributed by atoms with E-state index in [1.54, 1.807) is 42.6 Å². The van der Waals surface area contributed by atoms with Gasteiger partial charge in [-0.25, -0.2) is 0 Å². The van der Waals surface area contributed by atoms with Gasteiger partial charge in [0.1, 0.15) is 5.75 Å². The summed E-state index contributed by atoms with van der Waals surface area (Å²) < 4.78 is 7.07. The van der Waals surface area contributed by atoms with Crippen molar-refractivity contribution in [1.82, 2.24) is 4.57 Å². The molecule has 0 N–H and O–H groups in total. The van der Waals surface area contributed by atoms with Gasteiger partial charge in [-0.1, -0.05) is 11.6 Å². The fourth-order valence-electron chi connectivity index (χ4n) is 2.62. The number of carbonyl (C=O) groups excluding carboxylic acids is 1. The van der Waals surface area contributed by atoms with Crippen LogP contribution in [0, 0.1) is 0 Å². The van der Waals surface area contributed by atoms with Crippen LogP contribution in [0.15, 0.2) is 59.5 Å². The number of fused-ring (bicyclic) bond motifs is 1. The molecule has 0 saturated carbocycles. The van der Waals surface area contributed by atoms with Crippen molar-refractivity contribution >= 4 is 28.2 Å². The normalized spacial score (nSPS) is 11.0. The lowest BCUT2D eigenvalue weighted by Crippen LogP contribution is -2.23. The van der Waals surface area contributed by atoms with Crippen LogP contribution in [0.25, 0.3) is 10.8 Å². The Morgan fingerprint density at radius 2 is 1.84 bits per heavy atom. The Labute approximate surface area is 150 Å². The molecule has 1 heterocycles. The van der Waals surface area contributed by atoms with Crippen molar-refractivity contribution in [3.8, 4) is 5.75 Å².